The normalized spacial score (nSPS) is 9.95. The van der Waals surface area contributed by atoms with Crippen LogP contribution < -0.4 is 5.32 Å². The molecule has 1 N–H and O–H groups in total. The van der Waals surface area contributed by atoms with E-state index in [1.165, 1.54) is 11.8 Å². The van der Waals surface area contributed by atoms with Crippen LogP contribution >= 0.6 is 11.8 Å². The van der Waals surface area contributed by atoms with Gasteiger partial charge in [-0.1, -0.05) is 18.2 Å². The Labute approximate surface area is 126 Å². The van der Waals surface area contributed by atoms with Gasteiger partial charge in [-0.2, -0.15) is 0 Å². The number of carbonyl (C=O) groups is 2. The smallest absolute Gasteiger partial charge is 0.341 e. The fourth-order valence-electron chi connectivity index (χ4n) is 1.64. The lowest BCUT2D eigenvalue weighted by Gasteiger charge is -2.08. The maximum atomic E-state index is 11.9. The lowest BCUT2D eigenvalue weighted by atomic mass is 10.3. The fraction of sp³-hybridized carbons (Fsp3) is 0.133. The molecular formula is C15H14N2O3S. The molecule has 0 unspecified atom stereocenters. The van der Waals surface area contributed by atoms with E-state index in [9.17, 15) is 9.59 Å². The number of benzene rings is 1. The largest absolute Gasteiger partial charge is 0.452 e. The molecule has 0 radical (unpaired) electrons. The number of nitrogens with zero attached hydrogens (tertiary/aromatic N) is 1. The zero-order chi connectivity index (χ0) is 15.1. The van der Waals surface area contributed by atoms with Gasteiger partial charge in [0.25, 0.3) is 5.91 Å². The monoisotopic (exact) mass is 302 g/mol. The van der Waals surface area contributed by atoms with E-state index in [2.05, 4.69) is 10.3 Å². The highest BCUT2D eigenvalue weighted by atomic mass is 32.2. The second kappa shape index (κ2) is 7.44. The second-order valence-corrected chi connectivity index (χ2v) is 4.85. The lowest BCUT2D eigenvalue weighted by Crippen LogP contribution is -2.21. The highest BCUT2D eigenvalue weighted by Gasteiger charge is 2.14. The summed E-state index contributed by atoms with van der Waals surface area (Å²) >= 11 is 1.35. The number of anilines is 1. The van der Waals surface area contributed by atoms with Gasteiger partial charge in [-0.05, 0) is 30.5 Å². The van der Waals surface area contributed by atoms with E-state index in [0.29, 0.717) is 16.3 Å². The molecule has 6 heteroatoms. The summed E-state index contributed by atoms with van der Waals surface area (Å²) in [6.45, 7) is -0.337. The molecule has 0 spiro atoms. The van der Waals surface area contributed by atoms with Crippen molar-refractivity contribution in [3.63, 3.8) is 0 Å². The average molecular weight is 302 g/mol. The van der Waals surface area contributed by atoms with Crippen LogP contribution in [-0.2, 0) is 9.53 Å². The van der Waals surface area contributed by atoms with Gasteiger partial charge in [0.15, 0.2) is 6.61 Å². The van der Waals surface area contributed by atoms with Crippen LogP contribution in [0.15, 0.2) is 53.7 Å². The summed E-state index contributed by atoms with van der Waals surface area (Å²) in [6.07, 6.45) is 3.42. The third-order valence-electron chi connectivity index (χ3n) is 2.58. The number of aromatic nitrogens is 1. The standard InChI is InChI=1S/C15H14N2O3S/c1-21-14-12(8-5-9-16-14)15(19)20-10-13(18)17-11-6-3-2-4-7-11/h2-9H,10H2,1H3,(H,17,18). The maximum absolute atomic E-state index is 11.9. The van der Waals surface area contributed by atoms with Crippen LogP contribution in [0.3, 0.4) is 0 Å². The first-order valence-corrected chi connectivity index (χ1v) is 7.44. The van der Waals surface area contributed by atoms with Crippen molar-refractivity contribution in [2.24, 2.45) is 0 Å². The van der Waals surface area contributed by atoms with Crippen molar-refractivity contribution in [1.82, 2.24) is 4.98 Å². The zero-order valence-corrected chi connectivity index (χ0v) is 12.2. The van der Waals surface area contributed by atoms with E-state index >= 15 is 0 Å². The predicted octanol–water partition coefficient (Wildman–Crippen LogP) is 2.60. The van der Waals surface area contributed by atoms with Crippen LogP contribution in [0.5, 0.6) is 0 Å². The first-order chi connectivity index (χ1) is 10.2. The minimum Gasteiger partial charge on any atom is -0.452 e. The Morgan fingerprint density at radius 1 is 1.19 bits per heavy atom. The number of thioether (sulfide) groups is 1. The molecule has 0 saturated heterocycles. The van der Waals surface area contributed by atoms with Gasteiger partial charge in [0.2, 0.25) is 0 Å². The third-order valence-corrected chi connectivity index (χ3v) is 3.29. The Morgan fingerprint density at radius 3 is 2.67 bits per heavy atom. The van der Waals surface area contributed by atoms with Crippen molar-refractivity contribution >= 4 is 29.3 Å². The van der Waals surface area contributed by atoms with Gasteiger partial charge in [0.05, 0.1) is 5.56 Å². The molecule has 108 valence electrons. The predicted molar refractivity (Wildman–Crippen MR) is 81.4 cm³/mol. The summed E-state index contributed by atoms with van der Waals surface area (Å²) in [5.74, 6) is -0.945. The maximum Gasteiger partial charge on any atom is 0.341 e. The number of nitrogens with one attached hydrogen (secondary N) is 1. The molecule has 0 atom stereocenters. The molecule has 5 nitrogen and oxygen atoms in total. The molecule has 1 aromatic carbocycles. The lowest BCUT2D eigenvalue weighted by molar-refractivity contribution is -0.119. The number of amides is 1. The van der Waals surface area contributed by atoms with Crippen molar-refractivity contribution in [3.8, 4) is 0 Å². The minimum absolute atomic E-state index is 0.337. The number of para-hydroxylation sites is 1. The summed E-state index contributed by atoms with van der Waals surface area (Å²) in [7, 11) is 0. The Bertz CT molecular complexity index is 632. The first-order valence-electron chi connectivity index (χ1n) is 6.21. The second-order valence-electron chi connectivity index (χ2n) is 4.05. The van der Waals surface area contributed by atoms with E-state index < -0.39 is 5.97 Å². The van der Waals surface area contributed by atoms with E-state index in [0.717, 1.165) is 0 Å². The number of rotatable bonds is 5. The van der Waals surface area contributed by atoms with Crippen molar-refractivity contribution in [2.75, 3.05) is 18.2 Å². The Hall–Kier alpha value is -2.34. The number of pyridine rings is 1. The van der Waals surface area contributed by atoms with E-state index in [4.69, 9.17) is 4.74 Å². The van der Waals surface area contributed by atoms with Crippen LogP contribution in [0.1, 0.15) is 10.4 Å². The first kappa shape index (κ1) is 15.1. The molecule has 0 saturated carbocycles. The summed E-state index contributed by atoms with van der Waals surface area (Å²) < 4.78 is 5.00. The Morgan fingerprint density at radius 2 is 1.95 bits per heavy atom. The third kappa shape index (κ3) is 4.32. The van der Waals surface area contributed by atoms with Gasteiger partial charge in [-0.15, -0.1) is 11.8 Å². The summed E-state index contributed by atoms with van der Waals surface area (Å²) in [6, 6.07) is 12.3. The van der Waals surface area contributed by atoms with E-state index in [1.807, 2.05) is 24.5 Å². The molecule has 0 fully saturated rings. The zero-order valence-electron chi connectivity index (χ0n) is 11.4. The molecule has 1 aromatic heterocycles. The molecule has 1 heterocycles. The SMILES string of the molecule is CSc1ncccc1C(=O)OCC(=O)Nc1ccccc1. The van der Waals surface area contributed by atoms with Crippen LogP contribution in [0, 0.1) is 0 Å². The highest BCUT2D eigenvalue weighted by molar-refractivity contribution is 7.98. The van der Waals surface area contributed by atoms with Crippen molar-refractivity contribution in [2.45, 2.75) is 5.03 Å². The molecule has 0 aliphatic heterocycles. The number of ether oxygens (including phenoxy) is 1. The molecule has 0 bridgehead atoms. The van der Waals surface area contributed by atoms with Gasteiger partial charge in [-0.3, -0.25) is 4.79 Å². The molecule has 0 aliphatic carbocycles. The number of esters is 1. The molecule has 2 aromatic rings. The van der Waals surface area contributed by atoms with Crippen molar-refractivity contribution < 1.29 is 14.3 Å². The quantitative estimate of drug-likeness (QED) is 0.679. The number of hydrogen-bond donors (Lipinski definition) is 1. The van der Waals surface area contributed by atoms with E-state index in [-0.39, 0.29) is 12.5 Å². The van der Waals surface area contributed by atoms with E-state index in [1.54, 1.807) is 30.5 Å². The molecule has 2 rings (SSSR count). The topological polar surface area (TPSA) is 68.3 Å². The summed E-state index contributed by atoms with van der Waals surface area (Å²) in [4.78, 5) is 27.7. The van der Waals surface area contributed by atoms with Gasteiger partial charge in [-0.25, -0.2) is 9.78 Å². The van der Waals surface area contributed by atoms with Crippen LogP contribution in [0.2, 0.25) is 0 Å². The van der Waals surface area contributed by atoms with Crippen LogP contribution in [0.25, 0.3) is 0 Å². The number of carbonyl (C=O) groups excluding carboxylic acids is 2. The van der Waals surface area contributed by atoms with Gasteiger partial charge < -0.3 is 10.1 Å². The van der Waals surface area contributed by atoms with Crippen LogP contribution in [0.4, 0.5) is 5.69 Å². The Balaban J connectivity index is 1.90. The van der Waals surface area contributed by atoms with Crippen molar-refractivity contribution in [1.29, 1.82) is 0 Å². The molecular weight excluding hydrogens is 288 g/mol. The minimum atomic E-state index is -0.560. The Kier molecular flexibility index (Phi) is 5.34. The van der Waals surface area contributed by atoms with Gasteiger partial charge >= 0.3 is 5.97 Å². The van der Waals surface area contributed by atoms with Gasteiger partial charge in [0, 0.05) is 11.9 Å². The number of hydrogen-bond acceptors (Lipinski definition) is 5. The van der Waals surface area contributed by atoms with Crippen LogP contribution in [-0.4, -0.2) is 29.7 Å². The summed E-state index contributed by atoms with van der Waals surface area (Å²) in [5.41, 5.74) is 1.02. The average Bonchev–Trinajstić information content (AvgIpc) is 2.53. The summed E-state index contributed by atoms with van der Waals surface area (Å²) in [5, 5.41) is 3.22. The molecule has 21 heavy (non-hydrogen) atoms. The highest BCUT2D eigenvalue weighted by Crippen LogP contribution is 2.17. The van der Waals surface area contributed by atoms with Crippen molar-refractivity contribution in [3.05, 3.63) is 54.2 Å². The molecule has 1 amide bonds. The molecule has 0 aliphatic rings. The fourth-order valence-corrected chi connectivity index (χ4v) is 2.17. The van der Waals surface area contributed by atoms with Gasteiger partial charge in [0.1, 0.15) is 5.03 Å².